The lowest BCUT2D eigenvalue weighted by Crippen LogP contribution is -2.37. The molecule has 0 amide bonds. The first-order valence-electron chi connectivity index (χ1n) is 6.83. The molecule has 5 nitrogen and oxygen atoms in total. The van der Waals surface area contributed by atoms with Crippen LogP contribution >= 0.6 is 0 Å². The highest BCUT2D eigenvalue weighted by atomic mass is 16.4. The van der Waals surface area contributed by atoms with Crippen LogP contribution in [0.25, 0.3) is 0 Å². The molecule has 102 valence electrons. The molecule has 1 aromatic heterocycles. The van der Waals surface area contributed by atoms with Gasteiger partial charge in [0.2, 0.25) is 5.89 Å². The second-order valence-electron chi connectivity index (χ2n) is 5.85. The predicted octanol–water partition coefficient (Wildman–Crippen LogP) is 2.37. The van der Waals surface area contributed by atoms with Crippen LogP contribution in [0.1, 0.15) is 52.5 Å². The zero-order chi connectivity index (χ0) is 13.2. The molecule has 1 aliphatic rings. The first kappa shape index (κ1) is 13.3. The summed E-state index contributed by atoms with van der Waals surface area (Å²) < 4.78 is 5.75. The highest BCUT2D eigenvalue weighted by Crippen LogP contribution is 2.31. The number of anilines is 1. The third-order valence-corrected chi connectivity index (χ3v) is 3.70. The van der Waals surface area contributed by atoms with Gasteiger partial charge >= 0.3 is 6.01 Å². The molecular weight excluding hydrogens is 228 g/mol. The van der Waals surface area contributed by atoms with Gasteiger partial charge < -0.3 is 14.6 Å². The van der Waals surface area contributed by atoms with E-state index in [1.54, 1.807) is 0 Å². The summed E-state index contributed by atoms with van der Waals surface area (Å²) >= 11 is 0. The molecule has 0 radical (unpaired) electrons. The van der Waals surface area contributed by atoms with Crippen molar-refractivity contribution in [2.24, 2.45) is 5.41 Å². The van der Waals surface area contributed by atoms with E-state index in [2.05, 4.69) is 41.2 Å². The van der Waals surface area contributed by atoms with Crippen LogP contribution in [-0.4, -0.2) is 29.8 Å². The van der Waals surface area contributed by atoms with Crippen molar-refractivity contribution in [1.29, 1.82) is 0 Å². The van der Waals surface area contributed by atoms with Crippen molar-refractivity contribution in [3.63, 3.8) is 0 Å². The van der Waals surface area contributed by atoms with Crippen LogP contribution in [0.5, 0.6) is 0 Å². The Hall–Kier alpha value is -1.10. The van der Waals surface area contributed by atoms with Gasteiger partial charge in [-0.3, -0.25) is 0 Å². The molecule has 0 aliphatic carbocycles. The minimum Gasteiger partial charge on any atom is -0.406 e. The van der Waals surface area contributed by atoms with Crippen molar-refractivity contribution in [2.45, 2.75) is 46.6 Å². The highest BCUT2D eigenvalue weighted by Gasteiger charge is 2.28. The van der Waals surface area contributed by atoms with Gasteiger partial charge in [-0.15, -0.1) is 5.10 Å². The van der Waals surface area contributed by atoms with Gasteiger partial charge in [0.05, 0.1) is 6.04 Å². The third-order valence-electron chi connectivity index (χ3n) is 3.70. The Morgan fingerprint density at radius 3 is 2.61 bits per heavy atom. The van der Waals surface area contributed by atoms with Crippen LogP contribution in [0.2, 0.25) is 0 Å². The van der Waals surface area contributed by atoms with Gasteiger partial charge in [-0.1, -0.05) is 25.9 Å². The van der Waals surface area contributed by atoms with Gasteiger partial charge in [-0.25, -0.2) is 0 Å². The topological polar surface area (TPSA) is 54.2 Å². The summed E-state index contributed by atoms with van der Waals surface area (Å²) in [6.45, 7) is 11.7. The number of nitrogens with one attached hydrogen (secondary N) is 1. The molecule has 5 heteroatoms. The Morgan fingerprint density at radius 2 is 2.00 bits per heavy atom. The minimum absolute atomic E-state index is 0.123. The van der Waals surface area contributed by atoms with E-state index in [1.165, 1.54) is 12.8 Å². The standard InChI is InChI=1S/C13H24N4O/c1-5-14-10(2)11-15-16-12(18-11)17-8-6-13(3,4)7-9-17/h10,14H,5-9H2,1-4H3. The molecule has 2 rings (SSSR count). The van der Waals surface area contributed by atoms with E-state index in [9.17, 15) is 0 Å². The van der Waals surface area contributed by atoms with Crippen molar-refractivity contribution in [1.82, 2.24) is 15.5 Å². The van der Waals surface area contributed by atoms with Crippen LogP contribution in [-0.2, 0) is 0 Å². The van der Waals surface area contributed by atoms with E-state index in [-0.39, 0.29) is 6.04 Å². The van der Waals surface area contributed by atoms with Crippen LogP contribution < -0.4 is 10.2 Å². The fourth-order valence-electron chi connectivity index (χ4n) is 2.23. The fourth-order valence-corrected chi connectivity index (χ4v) is 2.23. The largest absolute Gasteiger partial charge is 0.406 e. The minimum atomic E-state index is 0.123. The zero-order valence-electron chi connectivity index (χ0n) is 11.9. The Labute approximate surface area is 109 Å². The summed E-state index contributed by atoms with van der Waals surface area (Å²) in [7, 11) is 0. The number of rotatable bonds is 4. The second-order valence-corrected chi connectivity index (χ2v) is 5.85. The van der Waals surface area contributed by atoms with Gasteiger partial charge in [0.25, 0.3) is 0 Å². The molecule has 1 aliphatic heterocycles. The van der Waals surface area contributed by atoms with Crippen molar-refractivity contribution >= 4 is 6.01 Å². The molecule has 0 bridgehead atoms. The fraction of sp³-hybridized carbons (Fsp3) is 0.846. The normalized spacial score (nSPS) is 21.0. The summed E-state index contributed by atoms with van der Waals surface area (Å²) in [6, 6.07) is 0.794. The third kappa shape index (κ3) is 3.02. The smallest absolute Gasteiger partial charge is 0.318 e. The van der Waals surface area contributed by atoms with E-state index >= 15 is 0 Å². The highest BCUT2D eigenvalue weighted by molar-refractivity contribution is 5.25. The van der Waals surface area contributed by atoms with Gasteiger partial charge in [0.1, 0.15) is 0 Å². The van der Waals surface area contributed by atoms with Gasteiger partial charge in [0, 0.05) is 13.1 Å². The van der Waals surface area contributed by atoms with Crippen LogP contribution in [0.4, 0.5) is 6.01 Å². The summed E-state index contributed by atoms with van der Waals surface area (Å²) in [5.41, 5.74) is 0.441. The second kappa shape index (κ2) is 5.26. The number of aromatic nitrogens is 2. The number of nitrogens with zero attached hydrogens (tertiary/aromatic N) is 3. The number of hydrogen-bond donors (Lipinski definition) is 1. The van der Waals surface area contributed by atoms with Gasteiger partial charge in [-0.2, -0.15) is 0 Å². The maximum Gasteiger partial charge on any atom is 0.318 e. The summed E-state index contributed by atoms with van der Waals surface area (Å²) in [5.74, 6) is 0.677. The zero-order valence-corrected chi connectivity index (χ0v) is 11.9. The average molecular weight is 252 g/mol. The molecular formula is C13H24N4O. The van der Waals surface area contributed by atoms with E-state index in [0.717, 1.165) is 19.6 Å². The Morgan fingerprint density at radius 1 is 1.33 bits per heavy atom. The molecule has 1 aromatic rings. The van der Waals surface area contributed by atoms with Crippen LogP contribution in [0.3, 0.4) is 0 Å². The van der Waals surface area contributed by atoms with E-state index in [0.29, 0.717) is 17.3 Å². The Bertz CT molecular complexity index is 378. The van der Waals surface area contributed by atoms with E-state index in [4.69, 9.17) is 4.42 Å². The molecule has 2 heterocycles. The maximum absolute atomic E-state index is 5.75. The molecule has 0 spiro atoms. The van der Waals surface area contributed by atoms with Crippen LogP contribution in [0.15, 0.2) is 4.42 Å². The average Bonchev–Trinajstić information content (AvgIpc) is 2.79. The summed E-state index contributed by atoms with van der Waals surface area (Å²) in [4.78, 5) is 2.19. The Balaban J connectivity index is 1.98. The first-order chi connectivity index (χ1) is 8.52. The lowest BCUT2D eigenvalue weighted by atomic mass is 9.83. The molecule has 1 N–H and O–H groups in total. The molecule has 0 saturated carbocycles. The molecule has 1 fully saturated rings. The van der Waals surface area contributed by atoms with Crippen molar-refractivity contribution < 1.29 is 4.42 Å². The van der Waals surface area contributed by atoms with Gasteiger partial charge in [-0.05, 0) is 31.7 Å². The van der Waals surface area contributed by atoms with Gasteiger partial charge in [0.15, 0.2) is 0 Å². The molecule has 18 heavy (non-hydrogen) atoms. The summed E-state index contributed by atoms with van der Waals surface area (Å²) in [6.07, 6.45) is 2.35. The maximum atomic E-state index is 5.75. The molecule has 0 aromatic carbocycles. The summed E-state index contributed by atoms with van der Waals surface area (Å²) in [5, 5.41) is 11.6. The lowest BCUT2D eigenvalue weighted by Gasteiger charge is -2.35. The number of hydrogen-bond acceptors (Lipinski definition) is 5. The predicted molar refractivity (Wildman–Crippen MR) is 71.6 cm³/mol. The number of piperidine rings is 1. The Kier molecular flexibility index (Phi) is 3.90. The van der Waals surface area contributed by atoms with Crippen molar-refractivity contribution in [3.8, 4) is 0 Å². The lowest BCUT2D eigenvalue weighted by molar-refractivity contribution is 0.271. The first-order valence-corrected chi connectivity index (χ1v) is 6.83. The van der Waals surface area contributed by atoms with Crippen LogP contribution in [0, 0.1) is 5.41 Å². The SMILES string of the molecule is CCNC(C)c1nnc(N2CCC(C)(C)CC2)o1. The van der Waals surface area contributed by atoms with Crippen molar-refractivity contribution in [3.05, 3.63) is 5.89 Å². The van der Waals surface area contributed by atoms with E-state index in [1.807, 2.05) is 6.92 Å². The van der Waals surface area contributed by atoms with E-state index < -0.39 is 0 Å². The van der Waals surface area contributed by atoms with Crippen molar-refractivity contribution in [2.75, 3.05) is 24.5 Å². The quantitative estimate of drug-likeness (QED) is 0.891. The monoisotopic (exact) mass is 252 g/mol. The molecule has 1 atom stereocenters. The molecule has 1 saturated heterocycles. The molecule has 1 unspecified atom stereocenters.